The lowest BCUT2D eigenvalue weighted by Crippen LogP contribution is -2.29. The quantitative estimate of drug-likeness (QED) is 0.364. The highest BCUT2D eigenvalue weighted by Gasteiger charge is 2.22. The molecule has 0 aliphatic rings. The maximum Gasteiger partial charge on any atom is 0.329 e. The van der Waals surface area contributed by atoms with Crippen LogP contribution in [0.25, 0.3) is 21.3 Å². The molecule has 31 heavy (non-hydrogen) atoms. The predicted octanol–water partition coefficient (Wildman–Crippen LogP) is 5.70. The second kappa shape index (κ2) is 8.65. The molecule has 5 nitrogen and oxygen atoms in total. The molecule has 0 aliphatic carbocycles. The molecule has 0 aliphatic heterocycles. The van der Waals surface area contributed by atoms with Crippen LogP contribution in [0.5, 0.6) is 0 Å². The van der Waals surface area contributed by atoms with Gasteiger partial charge in [0.1, 0.15) is 17.5 Å². The Hall–Kier alpha value is -2.96. The number of esters is 1. The lowest BCUT2D eigenvalue weighted by molar-refractivity contribution is -0.148. The van der Waals surface area contributed by atoms with Crippen molar-refractivity contribution in [2.24, 2.45) is 0 Å². The first-order valence-electron chi connectivity index (χ1n) is 9.83. The van der Waals surface area contributed by atoms with Crippen molar-refractivity contribution < 1.29 is 9.53 Å². The standard InChI is InChI=1S/C24H21ClN2O3S/c1-14-8-9-17(10-15(14)2)19-12-31-22-21(19)23(28)27(13-26-22)16(3)24(29)30-11-18-6-4-5-7-20(18)25/h4-10,12-13,16H,11H2,1-3H3. The van der Waals surface area contributed by atoms with E-state index in [1.807, 2.05) is 36.6 Å². The molecule has 158 valence electrons. The van der Waals surface area contributed by atoms with Gasteiger partial charge in [-0.15, -0.1) is 11.3 Å². The number of aromatic nitrogens is 2. The van der Waals surface area contributed by atoms with Crippen LogP contribution in [0, 0.1) is 13.8 Å². The highest BCUT2D eigenvalue weighted by molar-refractivity contribution is 7.17. The highest BCUT2D eigenvalue weighted by Crippen LogP contribution is 2.32. The summed E-state index contributed by atoms with van der Waals surface area (Å²) in [5.74, 6) is -0.522. The van der Waals surface area contributed by atoms with Crippen LogP contribution in [0.1, 0.15) is 29.7 Å². The van der Waals surface area contributed by atoms with Crippen LogP contribution in [-0.4, -0.2) is 15.5 Å². The topological polar surface area (TPSA) is 61.2 Å². The number of aryl methyl sites for hydroxylation is 2. The van der Waals surface area contributed by atoms with Gasteiger partial charge >= 0.3 is 5.97 Å². The first-order chi connectivity index (χ1) is 14.9. The molecule has 2 heterocycles. The molecule has 0 saturated heterocycles. The fourth-order valence-corrected chi connectivity index (χ4v) is 4.44. The Labute approximate surface area is 188 Å². The van der Waals surface area contributed by atoms with Crippen molar-refractivity contribution in [3.05, 3.63) is 86.2 Å². The molecule has 1 unspecified atom stereocenters. The molecule has 0 amide bonds. The van der Waals surface area contributed by atoms with Crippen molar-refractivity contribution in [2.75, 3.05) is 0 Å². The number of carbonyl (C=O) groups excluding carboxylic acids is 1. The molecule has 4 rings (SSSR count). The zero-order chi connectivity index (χ0) is 22.1. The van der Waals surface area contributed by atoms with Crippen LogP contribution in [0.2, 0.25) is 5.02 Å². The van der Waals surface area contributed by atoms with Gasteiger partial charge in [0.15, 0.2) is 0 Å². The van der Waals surface area contributed by atoms with Gasteiger partial charge in [-0.1, -0.05) is 48.0 Å². The van der Waals surface area contributed by atoms with E-state index >= 15 is 0 Å². The van der Waals surface area contributed by atoms with Crippen molar-refractivity contribution in [1.82, 2.24) is 9.55 Å². The minimum Gasteiger partial charge on any atom is -0.459 e. The van der Waals surface area contributed by atoms with Gasteiger partial charge < -0.3 is 4.74 Å². The average molecular weight is 453 g/mol. The number of nitrogens with zero attached hydrogens (tertiary/aromatic N) is 2. The Morgan fingerprint density at radius 3 is 2.71 bits per heavy atom. The summed E-state index contributed by atoms with van der Waals surface area (Å²) in [6.07, 6.45) is 1.41. The van der Waals surface area contributed by atoms with Crippen LogP contribution < -0.4 is 5.56 Å². The summed E-state index contributed by atoms with van der Waals surface area (Å²) in [6, 6.07) is 12.5. The van der Waals surface area contributed by atoms with Gasteiger partial charge in [0.05, 0.1) is 11.7 Å². The van der Waals surface area contributed by atoms with E-state index in [0.29, 0.717) is 20.8 Å². The van der Waals surface area contributed by atoms with Crippen molar-refractivity contribution >= 4 is 39.1 Å². The Kier molecular flexibility index (Phi) is 5.94. The fourth-order valence-electron chi connectivity index (χ4n) is 3.34. The molecule has 0 saturated carbocycles. The maximum atomic E-state index is 13.3. The van der Waals surface area contributed by atoms with E-state index in [-0.39, 0.29) is 12.2 Å². The van der Waals surface area contributed by atoms with E-state index in [9.17, 15) is 9.59 Å². The molecule has 0 bridgehead atoms. The summed E-state index contributed by atoms with van der Waals surface area (Å²) in [5.41, 5.74) is 4.57. The van der Waals surface area contributed by atoms with Gasteiger partial charge in [-0.25, -0.2) is 9.78 Å². The third kappa shape index (κ3) is 4.13. The molecule has 2 aromatic carbocycles. The molecular weight excluding hydrogens is 432 g/mol. The van der Waals surface area contributed by atoms with Crippen LogP contribution in [-0.2, 0) is 16.1 Å². The zero-order valence-electron chi connectivity index (χ0n) is 17.4. The van der Waals surface area contributed by atoms with Gasteiger partial charge in [-0.05, 0) is 43.5 Å². The second-order valence-corrected chi connectivity index (χ2v) is 8.73. The molecule has 0 N–H and O–H groups in total. The molecule has 2 aromatic heterocycles. The number of thiophene rings is 1. The molecular formula is C24H21ClN2O3S. The molecule has 7 heteroatoms. The minimum atomic E-state index is -0.820. The van der Waals surface area contributed by atoms with E-state index < -0.39 is 12.0 Å². The second-order valence-electron chi connectivity index (χ2n) is 7.46. The van der Waals surface area contributed by atoms with Gasteiger partial charge in [-0.2, -0.15) is 0 Å². The summed E-state index contributed by atoms with van der Waals surface area (Å²) >= 11 is 7.54. The van der Waals surface area contributed by atoms with Crippen LogP contribution in [0.15, 0.2) is 59.0 Å². The van der Waals surface area contributed by atoms with Crippen molar-refractivity contribution in [3.8, 4) is 11.1 Å². The van der Waals surface area contributed by atoms with Crippen molar-refractivity contribution in [2.45, 2.75) is 33.4 Å². The molecule has 0 radical (unpaired) electrons. The summed E-state index contributed by atoms with van der Waals surface area (Å²) in [7, 11) is 0. The number of ether oxygens (including phenoxy) is 1. The minimum absolute atomic E-state index is 0.0413. The smallest absolute Gasteiger partial charge is 0.329 e. The Bertz CT molecular complexity index is 1340. The lowest BCUT2D eigenvalue weighted by Gasteiger charge is -2.15. The van der Waals surface area contributed by atoms with Crippen LogP contribution in [0.3, 0.4) is 0 Å². The van der Waals surface area contributed by atoms with E-state index in [2.05, 4.69) is 18.0 Å². The first-order valence-corrected chi connectivity index (χ1v) is 11.1. The monoisotopic (exact) mass is 452 g/mol. The SMILES string of the molecule is Cc1ccc(-c2csc3ncn(C(C)C(=O)OCc4ccccc4Cl)c(=O)c23)cc1C. The maximum absolute atomic E-state index is 13.3. The first kappa shape index (κ1) is 21.3. The summed E-state index contributed by atoms with van der Waals surface area (Å²) < 4.78 is 6.74. The van der Waals surface area contributed by atoms with Crippen molar-refractivity contribution in [1.29, 1.82) is 0 Å². The van der Waals surface area contributed by atoms with E-state index in [0.717, 1.165) is 16.7 Å². The largest absolute Gasteiger partial charge is 0.459 e. The highest BCUT2D eigenvalue weighted by atomic mass is 35.5. The summed E-state index contributed by atoms with van der Waals surface area (Å²) in [5, 5.41) is 2.98. The predicted molar refractivity (Wildman–Crippen MR) is 125 cm³/mol. The summed E-state index contributed by atoms with van der Waals surface area (Å²) in [6.45, 7) is 5.77. The van der Waals surface area contributed by atoms with E-state index in [1.54, 1.807) is 19.1 Å². The van der Waals surface area contributed by atoms with Gasteiger partial charge in [0.2, 0.25) is 0 Å². The van der Waals surface area contributed by atoms with Gasteiger partial charge in [0.25, 0.3) is 5.56 Å². The van der Waals surface area contributed by atoms with Crippen molar-refractivity contribution in [3.63, 3.8) is 0 Å². The van der Waals surface area contributed by atoms with Gasteiger partial charge in [-0.3, -0.25) is 9.36 Å². The Morgan fingerprint density at radius 2 is 1.97 bits per heavy atom. The fraction of sp³-hybridized carbons (Fsp3) is 0.208. The number of benzene rings is 2. The number of hydrogen-bond acceptors (Lipinski definition) is 5. The number of carbonyl (C=O) groups is 1. The lowest BCUT2D eigenvalue weighted by atomic mass is 10.0. The Morgan fingerprint density at radius 1 is 1.19 bits per heavy atom. The van der Waals surface area contributed by atoms with E-state index in [4.69, 9.17) is 16.3 Å². The number of hydrogen-bond donors (Lipinski definition) is 0. The summed E-state index contributed by atoms with van der Waals surface area (Å²) in [4.78, 5) is 31.0. The molecule has 0 spiro atoms. The van der Waals surface area contributed by atoms with Crippen LogP contribution >= 0.6 is 22.9 Å². The van der Waals surface area contributed by atoms with E-state index in [1.165, 1.54) is 27.8 Å². The van der Waals surface area contributed by atoms with Gasteiger partial charge in [0, 0.05) is 21.5 Å². The zero-order valence-corrected chi connectivity index (χ0v) is 19.0. The normalized spacial score (nSPS) is 12.1. The number of rotatable bonds is 5. The third-order valence-electron chi connectivity index (χ3n) is 5.42. The number of halogens is 1. The Balaban J connectivity index is 1.65. The molecule has 1 atom stereocenters. The molecule has 0 fully saturated rings. The average Bonchev–Trinajstić information content (AvgIpc) is 3.20. The van der Waals surface area contributed by atoms with Crippen LogP contribution in [0.4, 0.5) is 0 Å². The third-order valence-corrected chi connectivity index (χ3v) is 6.68. The number of fused-ring (bicyclic) bond motifs is 1. The molecule has 4 aromatic rings.